The van der Waals surface area contributed by atoms with Crippen LogP contribution in [0.3, 0.4) is 0 Å². The Kier molecular flexibility index (Phi) is 5.76. The molecule has 0 aliphatic rings. The van der Waals surface area contributed by atoms with Crippen LogP contribution in [-0.2, 0) is 16.3 Å². The topological polar surface area (TPSA) is 72.5 Å². The van der Waals surface area contributed by atoms with Crippen LogP contribution in [0.2, 0.25) is 0 Å². The summed E-state index contributed by atoms with van der Waals surface area (Å²) in [4.78, 5) is 12.6. The normalized spacial score (nSPS) is 11.9. The van der Waals surface area contributed by atoms with E-state index < -0.39 is 15.4 Å². The molecule has 1 amide bonds. The van der Waals surface area contributed by atoms with E-state index in [9.17, 15) is 13.2 Å². The molecule has 0 heterocycles. The van der Waals surface area contributed by atoms with Crippen LogP contribution in [0.25, 0.3) is 0 Å². The van der Waals surface area contributed by atoms with Crippen LogP contribution >= 0.6 is 0 Å². The zero-order valence-electron chi connectivity index (χ0n) is 15.8. The molecule has 2 aromatic rings. The molecule has 26 heavy (non-hydrogen) atoms. The van der Waals surface area contributed by atoms with Gasteiger partial charge in [0.2, 0.25) is 0 Å². The van der Waals surface area contributed by atoms with Crippen molar-refractivity contribution in [1.82, 2.24) is 5.32 Å². The first-order chi connectivity index (χ1) is 12.0. The van der Waals surface area contributed by atoms with E-state index in [1.807, 2.05) is 45.0 Å². The molecule has 0 saturated heterocycles. The van der Waals surface area contributed by atoms with Crippen molar-refractivity contribution >= 4 is 15.7 Å². The fourth-order valence-corrected chi connectivity index (χ4v) is 3.61. The minimum absolute atomic E-state index is 0.00370. The smallest absolute Gasteiger partial charge is 0.251 e. The molecule has 0 unspecified atom stereocenters. The van der Waals surface area contributed by atoms with Gasteiger partial charge in [-0.15, -0.1) is 0 Å². The molecule has 0 aromatic heterocycles. The third kappa shape index (κ3) is 5.08. The van der Waals surface area contributed by atoms with Gasteiger partial charge in [0.1, 0.15) is 10.6 Å². The van der Waals surface area contributed by atoms with Crippen molar-refractivity contribution in [3.8, 4) is 5.75 Å². The van der Waals surface area contributed by atoms with Gasteiger partial charge in [0.25, 0.3) is 5.91 Å². The van der Waals surface area contributed by atoms with Crippen LogP contribution < -0.4 is 10.1 Å². The molecular formula is C20H25NO4S. The Balaban J connectivity index is 2.22. The van der Waals surface area contributed by atoms with Gasteiger partial charge in [0.05, 0.1) is 7.11 Å². The molecule has 6 heteroatoms. The summed E-state index contributed by atoms with van der Waals surface area (Å²) >= 11 is 0. The van der Waals surface area contributed by atoms with Gasteiger partial charge in [-0.05, 0) is 51.0 Å². The number of sulfone groups is 1. The summed E-state index contributed by atoms with van der Waals surface area (Å²) in [7, 11) is -2.11. The summed E-state index contributed by atoms with van der Waals surface area (Å²) in [6.45, 7) is 5.90. The second-order valence-electron chi connectivity index (χ2n) is 7.14. The molecule has 0 saturated carbocycles. The Bertz CT molecular complexity index is 900. The second-order valence-corrected chi connectivity index (χ2v) is 9.12. The van der Waals surface area contributed by atoms with E-state index in [1.54, 1.807) is 6.07 Å². The Morgan fingerprint density at radius 1 is 1.12 bits per heavy atom. The number of amides is 1. The number of rotatable bonds is 6. The average molecular weight is 375 g/mol. The van der Waals surface area contributed by atoms with Gasteiger partial charge in [-0.1, -0.05) is 29.8 Å². The number of benzene rings is 2. The third-order valence-electron chi connectivity index (χ3n) is 4.04. The zero-order chi connectivity index (χ0) is 19.5. The lowest BCUT2D eigenvalue weighted by Gasteiger charge is -2.27. The number of ether oxygens (including phenoxy) is 1. The Morgan fingerprint density at radius 3 is 2.27 bits per heavy atom. The number of hydrogen-bond acceptors (Lipinski definition) is 4. The summed E-state index contributed by atoms with van der Waals surface area (Å²) in [5.41, 5.74) is 2.09. The number of carbonyl (C=O) groups excluding carboxylic acids is 1. The van der Waals surface area contributed by atoms with E-state index in [-0.39, 0.29) is 22.1 Å². The summed E-state index contributed by atoms with van der Waals surface area (Å²) < 4.78 is 28.9. The fraction of sp³-hybridized carbons (Fsp3) is 0.350. The minimum Gasteiger partial charge on any atom is -0.495 e. The number of carbonyl (C=O) groups is 1. The standard InChI is InChI=1S/C20H25NO4S/c1-14-6-8-15(9-7-14)13-20(2,3)21-19(22)16-10-11-17(25-4)18(12-16)26(5,23)24/h6-12H,13H2,1-5H3,(H,21,22). The maximum atomic E-state index is 12.6. The van der Waals surface area contributed by atoms with Gasteiger partial charge in [-0.25, -0.2) is 8.42 Å². The van der Waals surface area contributed by atoms with Crippen LogP contribution in [0.4, 0.5) is 0 Å². The summed E-state index contributed by atoms with van der Waals surface area (Å²) in [5, 5.41) is 2.98. The summed E-state index contributed by atoms with van der Waals surface area (Å²) in [6, 6.07) is 12.6. The fourth-order valence-electron chi connectivity index (χ4n) is 2.75. The van der Waals surface area contributed by atoms with Gasteiger partial charge in [0.15, 0.2) is 9.84 Å². The Hall–Kier alpha value is -2.34. The number of hydrogen-bond donors (Lipinski definition) is 1. The van der Waals surface area contributed by atoms with E-state index >= 15 is 0 Å². The maximum Gasteiger partial charge on any atom is 0.251 e. The van der Waals surface area contributed by atoms with Gasteiger partial charge >= 0.3 is 0 Å². The van der Waals surface area contributed by atoms with Crippen LogP contribution in [-0.4, -0.2) is 33.2 Å². The first-order valence-electron chi connectivity index (χ1n) is 8.28. The van der Waals surface area contributed by atoms with Crippen LogP contribution in [0.1, 0.15) is 35.3 Å². The largest absolute Gasteiger partial charge is 0.495 e. The highest BCUT2D eigenvalue weighted by atomic mass is 32.2. The van der Waals surface area contributed by atoms with Gasteiger partial charge < -0.3 is 10.1 Å². The van der Waals surface area contributed by atoms with Crippen LogP contribution in [0.5, 0.6) is 5.75 Å². The van der Waals surface area contributed by atoms with E-state index in [4.69, 9.17) is 4.74 Å². The molecule has 2 rings (SSSR count). The highest BCUT2D eigenvalue weighted by molar-refractivity contribution is 7.90. The molecule has 1 N–H and O–H groups in total. The Labute approximate surface area is 155 Å². The molecule has 0 radical (unpaired) electrons. The molecule has 0 aliphatic heterocycles. The Morgan fingerprint density at radius 2 is 1.73 bits per heavy atom. The second kappa shape index (κ2) is 7.50. The molecule has 0 aliphatic carbocycles. The van der Waals surface area contributed by atoms with Crippen LogP contribution in [0, 0.1) is 6.92 Å². The molecule has 0 fully saturated rings. The third-order valence-corrected chi connectivity index (χ3v) is 5.16. The predicted octanol–water partition coefficient (Wildman–Crippen LogP) is 3.16. The van der Waals surface area contributed by atoms with E-state index in [2.05, 4.69) is 5.32 Å². The number of aryl methyl sites for hydroxylation is 1. The van der Waals surface area contributed by atoms with E-state index in [0.29, 0.717) is 6.42 Å². The van der Waals surface area contributed by atoms with Crippen molar-refractivity contribution in [1.29, 1.82) is 0 Å². The minimum atomic E-state index is -3.50. The molecule has 0 atom stereocenters. The molecule has 0 bridgehead atoms. The molecule has 0 spiro atoms. The first-order valence-corrected chi connectivity index (χ1v) is 10.2. The summed E-state index contributed by atoms with van der Waals surface area (Å²) in [6.07, 6.45) is 1.75. The molecular weight excluding hydrogens is 350 g/mol. The van der Waals surface area contributed by atoms with Crippen molar-refractivity contribution < 1.29 is 17.9 Å². The van der Waals surface area contributed by atoms with Gasteiger partial charge in [-0.2, -0.15) is 0 Å². The van der Waals surface area contributed by atoms with Crippen molar-refractivity contribution in [3.63, 3.8) is 0 Å². The average Bonchev–Trinajstić information content (AvgIpc) is 2.55. The maximum absolute atomic E-state index is 12.6. The predicted molar refractivity (Wildman–Crippen MR) is 103 cm³/mol. The quantitative estimate of drug-likeness (QED) is 0.842. The highest BCUT2D eigenvalue weighted by Gasteiger charge is 2.23. The SMILES string of the molecule is COc1ccc(C(=O)NC(C)(C)Cc2ccc(C)cc2)cc1S(C)(=O)=O. The number of nitrogens with one attached hydrogen (secondary N) is 1. The van der Waals surface area contributed by atoms with Crippen molar-refractivity contribution in [3.05, 3.63) is 59.2 Å². The lowest BCUT2D eigenvalue weighted by Crippen LogP contribution is -2.45. The van der Waals surface area contributed by atoms with Crippen molar-refractivity contribution in [2.24, 2.45) is 0 Å². The van der Waals surface area contributed by atoms with Gasteiger partial charge in [0, 0.05) is 17.4 Å². The molecule has 2 aromatic carbocycles. The first kappa shape index (κ1) is 20.0. The van der Waals surface area contributed by atoms with E-state index in [1.165, 1.54) is 24.8 Å². The molecule has 140 valence electrons. The van der Waals surface area contributed by atoms with Crippen LogP contribution in [0.15, 0.2) is 47.4 Å². The monoisotopic (exact) mass is 375 g/mol. The van der Waals surface area contributed by atoms with Crippen molar-refractivity contribution in [2.75, 3.05) is 13.4 Å². The zero-order valence-corrected chi connectivity index (χ0v) is 16.6. The lowest BCUT2D eigenvalue weighted by molar-refractivity contribution is 0.0912. The highest BCUT2D eigenvalue weighted by Crippen LogP contribution is 2.25. The summed E-state index contributed by atoms with van der Waals surface area (Å²) in [5.74, 6) is -0.0994. The molecule has 5 nitrogen and oxygen atoms in total. The van der Waals surface area contributed by atoms with E-state index in [0.717, 1.165) is 11.8 Å². The number of methoxy groups -OCH3 is 1. The lowest BCUT2D eigenvalue weighted by atomic mass is 9.94. The van der Waals surface area contributed by atoms with Gasteiger partial charge in [-0.3, -0.25) is 4.79 Å². The van der Waals surface area contributed by atoms with Crippen molar-refractivity contribution in [2.45, 2.75) is 37.6 Å².